The van der Waals surface area contributed by atoms with Crippen LogP contribution in [0.4, 0.5) is 0 Å². The minimum Gasteiger partial charge on any atom is -0.322 e. The van der Waals surface area contributed by atoms with Crippen LogP contribution in [0.15, 0.2) is 10.2 Å². The van der Waals surface area contributed by atoms with Gasteiger partial charge in [0, 0.05) is 10.8 Å². The average Bonchev–Trinajstić information content (AvgIpc) is 2.54. The lowest BCUT2D eigenvalue weighted by Gasteiger charge is -2.25. The van der Waals surface area contributed by atoms with E-state index in [9.17, 15) is 0 Å². The van der Waals surface area contributed by atoms with Crippen LogP contribution < -0.4 is 34.2 Å². The normalized spacial score (nSPS) is 13.8. The fourth-order valence-electron chi connectivity index (χ4n) is 2.17. The van der Waals surface area contributed by atoms with Gasteiger partial charge in [-0.25, -0.2) is 11.7 Å². The first-order valence-corrected chi connectivity index (χ1v) is 10.7. The molecule has 0 aliphatic heterocycles. The van der Waals surface area contributed by atoms with E-state index in [2.05, 4.69) is 48.7 Å². The third-order valence-corrected chi connectivity index (χ3v) is 6.27. The van der Waals surface area contributed by atoms with Crippen LogP contribution >= 0.6 is 23.5 Å². The Hall–Kier alpha value is -0.840. The molecule has 0 aromatic rings. The van der Waals surface area contributed by atoms with Gasteiger partial charge in [0.05, 0.1) is 0 Å². The number of hydrazone groups is 2. The molecule has 0 bridgehead atoms. The summed E-state index contributed by atoms with van der Waals surface area (Å²) in [5.74, 6) is 27.3. The van der Waals surface area contributed by atoms with E-state index in [0.29, 0.717) is 11.7 Å². The molecule has 0 amide bonds. The Balaban J connectivity index is 3.79. The van der Waals surface area contributed by atoms with Gasteiger partial charge in [-0.05, 0) is 42.3 Å². The van der Waals surface area contributed by atoms with Crippen LogP contribution in [-0.2, 0) is 0 Å². The standard InChI is InChI=1S/C15H36N8S2/c1-14(2,12(20-16)21-17)6-10-24-8-5-9-25-11-7-15(3,4)13(22-18)23-19/h5-11,16-19H2,1-4H3,(H,20,21)(H,22,23). The molecule has 10 N–H and O–H groups in total. The molecule has 0 radical (unpaired) electrons. The minimum absolute atomic E-state index is 0.129. The number of hydrogen-bond donors (Lipinski definition) is 6. The van der Waals surface area contributed by atoms with Crippen LogP contribution in [-0.4, -0.2) is 34.7 Å². The molecular weight excluding hydrogens is 356 g/mol. The van der Waals surface area contributed by atoms with E-state index in [0.717, 1.165) is 35.9 Å². The minimum atomic E-state index is -0.129. The largest absolute Gasteiger partial charge is 0.322 e. The first-order chi connectivity index (χ1) is 11.7. The lowest BCUT2D eigenvalue weighted by atomic mass is 9.89. The molecule has 0 aliphatic carbocycles. The molecular formula is C15H36N8S2. The number of hydrazine groups is 2. The second kappa shape index (κ2) is 12.5. The predicted octanol–water partition coefficient (Wildman–Crippen LogP) is 1.15. The monoisotopic (exact) mass is 392 g/mol. The van der Waals surface area contributed by atoms with E-state index in [1.54, 1.807) is 0 Å². The molecule has 0 atom stereocenters. The smallest absolute Gasteiger partial charge is 0.141 e. The summed E-state index contributed by atoms with van der Waals surface area (Å²) in [6.45, 7) is 8.36. The number of hydrogen-bond acceptors (Lipinski definition) is 8. The fourth-order valence-corrected chi connectivity index (χ4v) is 4.77. The van der Waals surface area contributed by atoms with Crippen molar-refractivity contribution in [2.45, 2.75) is 47.0 Å². The Kier molecular flexibility index (Phi) is 12.1. The summed E-state index contributed by atoms with van der Waals surface area (Å²) in [6, 6.07) is 0. The Labute approximate surface area is 160 Å². The van der Waals surface area contributed by atoms with Gasteiger partial charge in [0.1, 0.15) is 11.7 Å². The van der Waals surface area contributed by atoms with Gasteiger partial charge in [0.15, 0.2) is 0 Å². The van der Waals surface area contributed by atoms with Crippen LogP contribution in [0.2, 0.25) is 0 Å². The zero-order chi connectivity index (χ0) is 19.3. The number of nitrogens with zero attached hydrogens (tertiary/aromatic N) is 2. The third-order valence-electron chi connectivity index (χ3n) is 4.13. The zero-order valence-electron chi connectivity index (χ0n) is 16.0. The van der Waals surface area contributed by atoms with Crippen molar-refractivity contribution in [1.29, 1.82) is 0 Å². The molecule has 0 spiro atoms. The van der Waals surface area contributed by atoms with E-state index >= 15 is 0 Å². The molecule has 0 heterocycles. The summed E-state index contributed by atoms with van der Waals surface area (Å²) in [4.78, 5) is 0. The van der Waals surface area contributed by atoms with Gasteiger partial charge in [-0.1, -0.05) is 27.7 Å². The Morgan fingerprint density at radius 1 is 0.760 bits per heavy atom. The maximum atomic E-state index is 5.44. The molecule has 8 nitrogen and oxygen atoms in total. The number of thioether (sulfide) groups is 2. The number of nitrogens with two attached hydrogens (primary N) is 4. The summed E-state index contributed by atoms with van der Waals surface area (Å²) in [5.41, 5.74) is 4.90. The molecule has 25 heavy (non-hydrogen) atoms. The molecule has 0 saturated carbocycles. The van der Waals surface area contributed by atoms with Crippen molar-refractivity contribution in [3.63, 3.8) is 0 Å². The van der Waals surface area contributed by atoms with E-state index in [1.165, 1.54) is 6.42 Å². The predicted molar refractivity (Wildman–Crippen MR) is 114 cm³/mol. The molecule has 0 aliphatic rings. The van der Waals surface area contributed by atoms with Crippen molar-refractivity contribution in [1.82, 2.24) is 10.9 Å². The van der Waals surface area contributed by atoms with E-state index in [1.807, 2.05) is 23.5 Å². The van der Waals surface area contributed by atoms with Crippen LogP contribution in [0.25, 0.3) is 0 Å². The van der Waals surface area contributed by atoms with Gasteiger partial charge in [0.25, 0.3) is 0 Å². The molecule has 0 fully saturated rings. The Morgan fingerprint density at radius 3 is 1.40 bits per heavy atom. The van der Waals surface area contributed by atoms with Gasteiger partial charge in [-0.2, -0.15) is 33.7 Å². The summed E-state index contributed by atoms with van der Waals surface area (Å²) in [6.07, 6.45) is 3.15. The molecule has 0 unspecified atom stereocenters. The maximum absolute atomic E-state index is 5.44. The summed E-state index contributed by atoms with van der Waals surface area (Å²) in [7, 11) is 0. The highest BCUT2D eigenvalue weighted by atomic mass is 32.2. The van der Waals surface area contributed by atoms with E-state index in [-0.39, 0.29) is 10.8 Å². The SMILES string of the molecule is CC(C)(CCSCCCSCCC(C)(C)/C(=N/N)NN)/C(=N/N)NN. The average molecular weight is 393 g/mol. The van der Waals surface area contributed by atoms with Crippen LogP contribution in [0.5, 0.6) is 0 Å². The maximum Gasteiger partial charge on any atom is 0.141 e. The van der Waals surface area contributed by atoms with Crippen LogP contribution in [0.3, 0.4) is 0 Å². The first-order valence-electron chi connectivity index (χ1n) is 8.40. The molecule has 0 rings (SSSR count). The van der Waals surface area contributed by atoms with E-state index in [4.69, 9.17) is 23.4 Å². The Morgan fingerprint density at radius 2 is 1.12 bits per heavy atom. The second-order valence-electron chi connectivity index (χ2n) is 7.09. The molecule has 0 aromatic carbocycles. The van der Waals surface area contributed by atoms with Crippen LogP contribution in [0, 0.1) is 10.8 Å². The summed E-state index contributed by atoms with van der Waals surface area (Å²) < 4.78 is 0. The van der Waals surface area contributed by atoms with Crippen molar-refractivity contribution in [2.75, 3.05) is 23.0 Å². The zero-order valence-corrected chi connectivity index (χ0v) is 17.6. The second-order valence-corrected chi connectivity index (χ2v) is 9.54. The summed E-state index contributed by atoms with van der Waals surface area (Å²) in [5, 5.41) is 7.42. The lowest BCUT2D eigenvalue weighted by Crippen LogP contribution is -2.42. The van der Waals surface area contributed by atoms with Gasteiger partial charge < -0.3 is 22.5 Å². The highest BCUT2D eigenvalue weighted by molar-refractivity contribution is 8.00. The van der Waals surface area contributed by atoms with Crippen molar-refractivity contribution < 1.29 is 0 Å². The van der Waals surface area contributed by atoms with Gasteiger partial charge in [-0.15, -0.1) is 0 Å². The van der Waals surface area contributed by atoms with Gasteiger partial charge in [0.2, 0.25) is 0 Å². The lowest BCUT2D eigenvalue weighted by molar-refractivity contribution is 0.488. The first kappa shape index (κ1) is 24.2. The van der Waals surface area contributed by atoms with Crippen molar-refractivity contribution >= 4 is 35.2 Å². The number of amidine groups is 2. The molecule has 0 aromatic heterocycles. The van der Waals surface area contributed by atoms with Crippen LogP contribution in [0.1, 0.15) is 47.0 Å². The van der Waals surface area contributed by atoms with Crippen molar-refractivity contribution in [3.05, 3.63) is 0 Å². The Bertz CT molecular complexity index is 386. The van der Waals surface area contributed by atoms with Gasteiger partial charge >= 0.3 is 0 Å². The molecule has 10 heteroatoms. The summed E-state index contributed by atoms with van der Waals surface area (Å²) >= 11 is 3.91. The fraction of sp³-hybridized carbons (Fsp3) is 0.867. The quantitative estimate of drug-likeness (QED) is 0.0950. The molecule has 148 valence electrons. The number of nitrogens with one attached hydrogen (secondary N) is 2. The van der Waals surface area contributed by atoms with Gasteiger partial charge in [-0.3, -0.25) is 0 Å². The van der Waals surface area contributed by atoms with E-state index < -0.39 is 0 Å². The number of rotatable bonds is 12. The van der Waals surface area contributed by atoms with Crippen molar-refractivity contribution in [3.8, 4) is 0 Å². The molecule has 0 saturated heterocycles. The third kappa shape index (κ3) is 9.43. The highest BCUT2D eigenvalue weighted by Crippen LogP contribution is 2.25. The highest BCUT2D eigenvalue weighted by Gasteiger charge is 2.25. The van der Waals surface area contributed by atoms with Crippen molar-refractivity contribution in [2.24, 2.45) is 44.4 Å². The topological polar surface area (TPSA) is 153 Å².